The molecule has 0 radical (unpaired) electrons. The summed E-state index contributed by atoms with van der Waals surface area (Å²) in [5.41, 5.74) is 4.43. The number of para-hydroxylation sites is 1. The standard InChI is InChI=1S/C21H22N2O4S/c1-13-8-14(2)21(15(3)9-13)22-18(24)11-27-20(26)10-23-16-6-4-5-7-17(16)28-12-19(23)25/h4-9H,10-12H2,1-3H3,(H,22,24). The third kappa shape index (κ3) is 4.54. The van der Waals surface area contributed by atoms with E-state index in [1.165, 1.54) is 16.7 Å². The molecule has 0 bridgehead atoms. The lowest BCUT2D eigenvalue weighted by molar-refractivity contribution is -0.146. The van der Waals surface area contributed by atoms with Crippen LogP contribution in [0.25, 0.3) is 0 Å². The second-order valence-corrected chi connectivity index (χ2v) is 7.74. The van der Waals surface area contributed by atoms with E-state index in [2.05, 4.69) is 5.32 Å². The highest BCUT2D eigenvalue weighted by molar-refractivity contribution is 8.00. The minimum Gasteiger partial charge on any atom is -0.454 e. The van der Waals surface area contributed by atoms with Gasteiger partial charge in [-0.1, -0.05) is 29.8 Å². The minimum absolute atomic E-state index is 0.156. The second kappa shape index (κ2) is 8.48. The van der Waals surface area contributed by atoms with Gasteiger partial charge in [0.15, 0.2) is 6.61 Å². The summed E-state index contributed by atoms with van der Waals surface area (Å²) in [7, 11) is 0. The summed E-state index contributed by atoms with van der Waals surface area (Å²) in [5.74, 6) is -0.917. The third-order valence-electron chi connectivity index (χ3n) is 4.40. The molecule has 2 amide bonds. The van der Waals surface area contributed by atoms with Crippen LogP contribution in [0.15, 0.2) is 41.3 Å². The van der Waals surface area contributed by atoms with Gasteiger partial charge in [-0.15, -0.1) is 11.8 Å². The van der Waals surface area contributed by atoms with Crippen molar-refractivity contribution in [1.29, 1.82) is 0 Å². The van der Waals surface area contributed by atoms with E-state index in [9.17, 15) is 14.4 Å². The van der Waals surface area contributed by atoms with Crippen LogP contribution in [0.2, 0.25) is 0 Å². The van der Waals surface area contributed by atoms with Crippen molar-refractivity contribution in [3.05, 3.63) is 53.1 Å². The van der Waals surface area contributed by atoms with Gasteiger partial charge >= 0.3 is 5.97 Å². The molecule has 0 aliphatic carbocycles. The van der Waals surface area contributed by atoms with Crippen LogP contribution in [0.3, 0.4) is 0 Å². The summed E-state index contributed by atoms with van der Waals surface area (Å²) in [4.78, 5) is 38.9. The number of amides is 2. The molecule has 0 atom stereocenters. The van der Waals surface area contributed by atoms with Crippen molar-refractivity contribution in [2.24, 2.45) is 0 Å². The van der Waals surface area contributed by atoms with Crippen LogP contribution in [0.5, 0.6) is 0 Å². The number of carbonyl (C=O) groups excluding carboxylic acids is 3. The fourth-order valence-electron chi connectivity index (χ4n) is 3.20. The number of nitrogens with one attached hydrogen (secondary N) is 1. The van der Waals surface area contributed by atoms with Gasteiger partial charge in [0.1, 0.15) is 6.54 Å². The van der Waals surface area contributed by atoms with Crippen LogP contribution >= 0.6 is 11.8 Å². The number of nitrogens with zero attached hydrogens (tertiary/aromatic N) is 1. The van der Waals surface area contributed by atoms with Gasteiger partial charge in [-0.3, -0.25) is 19.3 Å². The van der Waals surface area contributed by atoms with Crippen molar-refractivity contribution < 1.29 is 19.1 Å². The smallest absolute Gasteiger partial charge is 0.326 e. The number of fused-ring (bicyclic) bond motifs is 1. The first-order valence-electron chi connectivity index (χ1n) is 8.90. The average molecular weight is 398 g/mol. The molecule has 6 nitrogen and oxygen atoms in total. The predicted molar refractivity (Wildman–Crippen MR) is 110 cm³/mol. The lowest BCUT2D eigenvalue weighted by Gasteiger charge is -2.27. The number of thioether (sulfide) groups is 1. The molecular formula is C21H22N2O4S. The largest absolute Gasteiger partial charge is 0.454 e. The first-order chi connectivity index (χ1) is 13.3. The highest BCUT2D eigenvalue weighted by Crippen LogP contribution is 2.34. The lowest BCUT2D eigenvalue weighted by atomic mass is 10.1. The number of ether oxygens (including phenoxy) is 1. The SMILES string of the molecule is Cc1cc(C)c(NC(=O)COC(=O)CN2C(=O)CSc3ccccc32)c(C)c1. The molecule has 0 saturated heterocycles. The Morgan fingerprint density at radius 1 is 1.14 bits per heavy atom. The zero-order valence-electron chi connectivity index (χ0n) is 16.1. The number of aryl methyl sites for hydroxylation is 3. The van der Waals surface area contributed by atoms with Gasteiger partial charge < -0.3 is 10.1 Å². The Morgan fingerprint density at radius 3 is 2.54 bits per heavy atom. The summed E-state index contributed by atoms with van der Waals surface area (Å²) < 4.78 is 5.09. The molecule has 0 unspecified atom stereocenters. The Balaban J connectivity index is 1.58. The number of benzene rings is 2. The number of hydrogen-bond donors (Lipinski definition) is 1. The van der Waals surface area contributed by atoms with Crippen molar-refractivity contribution in [2.75, 3.05) is 29.1 Å². The van der Waals surface area contributed by atoms with Gasteiger partial charge in [0.2, 0.25) is 5.91 Å². The molecule has 0 aromatic heterocycles. The van der Waals surface area contributed by atoms with Crippen molar-refractivity contribution in [3.8, 4) is 0 Å². The first-order valence-corrected chi connectivity index (χ1v) is 9.89. The van der Waals surface area contributed by atoms with Gasteiger partial charge in [-0.05, 0) is 44.0 Å². The fourth-order valence-corrected chi connectivity index (χ4v) is 4.14. The van der Waals surface area contributed by atoms with Crippen LogP contribution in [0, 0.1) is 20.8 Å². The lowest BCUT2D eigenvalue weighted by Crippen LogP contribution is -2.40. The van der Waals surface area contributed by atoms with Crippen LogP contribution in [-0.2, 0) is 19.1 Å². The Bertz CT molecular complexity index is 919. The molecule has 1 aliphatic rings. The zero-order chi connectivity index (χ0) is 20.3. The summed E-state index contributed by atoms with van der Waals surface area (Å²) >= 11 is 1.44. The Kier molecular flexibility index (Phi) is 6.04. The van der Waals surface area contributed by atoms with Crippen LogP contribution in [0.4, 0.5) is 11.4 Å². The Labute approximate surface area is 168 Å². The van der Waals surface area contributed by atoms with Crippen LogP contribution in [0.1, 0.15) is 16.7 Å². The van der Waals surface area contributed by atoms with E-state index in [4.69, 9.17) is 4.74 Å². The van der Waals surface area contributed by atoms with Crippen molar-refractivity contribution >= 4 is 40.9 Å². The number of esters is 1. The molecule has 2 aromatic carbocycles. The van der Waals surface area contributed by atoms with Crippen LogP contribution < -0.4 is 10.2 Å². The molecule has 1 heterocycles. The highest BCUT2D eigenvalue weighted by atomic mass is 32.2. The maximum atomic E-state index is 12.2. The molecule has 7 heteroatoms. The molecule has 0 spiro atoms. The Morgan fingerprint density at radius 2 is 1.82 bits per heavy atom. The quantitative estimate of drug-likeness (QED) is 0.783. The number of carbonyl (C=O) groups is 3. The minimum atomic E-state index is -0.623. The molecule has 146 valence electrons. The zero-order valence-corrected chi connectivity index (χ0v) is 16.9. The van der Waals surface area contributed by atoms with Gasteiger partial charge in [-0.25, -0.2) is 0 Å². The normalized spacial score (nSPS) is 13.1. The van der Waals surface area contributed by atoms with Gasteiger partial charge in [-0.2, -0.15) is 0 Å². The fraction of sp³-hybridized carbons (Fsp3) is 0.286. The summed E-state index contributed by atoms with van der Waals surface area (Å²) in [6, 6.07) is 11.4. The number of rotatable bonds is 5. The molecule has 1 N–H and O–H groups in total. The van der Waals surface area contributed by atoms with Gasteiger partial charge in [0, 0.05) is 10.6 Å². The van der Waals surface area contributed by atoms with E-state index in [-0.39, 0.29) is 18.2 Å². The highest BCUT2D eigenvalue weighted by Gasteiger charge is 2.27. The number of anilines is 2. The molecule has 3 rings (SSSR count). The van der Waals surface area contributed by atoms with E-state index < -0.39 is 18.5 Å². The molecular weight excluding hydrogens is 376 g/mol. The molecule has 0 saturated carbocycles. The first kappa shape index (κ1) is 19.9. The monoisotopic (exact) mass is 398 g/mol. The maximum absolute atomic E-state index is 12.2. The third-order valence-corrected chi connectivity index (χ3v) is 5.45. The van der Waals surface area contributed by atoms with E-state index in [0.717, 1.165) is 27.3 Å². The average Bonchev–Trinajstić information content (AvgIpc) is 2.65. The molecule has 1 aliphatic heterocycles. The van der Waals surface area contributed by atoms with Crippen molar-refractivity contribution in [3.63, 3.8) is 0 Å². The summed E-state index contributed by atoms with van der Waals surface area (Å²) in [6.45, 7) is 5.21. The molecule has 2 aromatic rings. The molecule has 28 heavy (non-hydrogen) atoms. The topological polar surface area (TPSA) is 75.7 Å². The van der Waals surface area contributed by atoms with E-state index >= 15 is 0 Å². The van der Waals surface area contributed by atoms with Gasteiger partial charge in [0.05, 0.1) is 11.4 Å². The number of hydrogen-bond acceptors (Lipinski definition) is 5. The summed E-state index contributed by atoms with van der Waals surface area (Å²) in [5, 5.41) is 2.79. The molecule has 0 fully saturated rings. The van der Waals surface area contributed by atoms with Crippen molar-refractivity contribution in [2.45, 2.75) is 25.7 Å². The van der Waals surface area contributed by atoms with E-state index in [0.29, 0.717) is 5.69 Å². The second-order valence-electron chi connectivity index (χ2n) is 6.72. The van der Waals surface area contributed by atoms with Crippen molar-refractivity contribution in [1.82, 2.24) is 0 Å². The maximum Gasteiger partial charge on any atom is 0.326 e. The predicted octanol–water partition coefficient (Wildman–Crippen LogP) is 3.23. The van der Waals surface area contributed by atoms with E-state index in [1.807, 2.05) is 51.1 Å². The van der Waals surface area contributed by atoms with E-state index in [1.54, 1.807) is 6.07 Å². The Hall–Kier alpha value is -2.80. The van der Waals surface area contributed by atoms with Crippen LogP contribution in [-0.4, -0.2) is 36.7 Å². The summed E-state index contributed by atoms with van der Waals surface area (Å²) in [6.07, 6.45) is 0. The van der Waals surface area contributed by atoms with Gasteiger partial charge in [0.25, 0.3) is 5.91 Å².